The molecule has 0 saturated heterocycles. The van der Waals surface area contributed by atoms with E-state index in [0.29, 0.717) is 25.7 Å². The van der Waals surface area contributed by atoms with Gasteiger partial charge >= 0.3 is 0 Å². The highest BCUT2D eigenvalue weighted by molar-refractivity contribution is 5.48. The van der Waals surface area contributed by atoms with Gasteiger partial charge in [0.2, 0.25) is 6.04 Å². The summed E-state index contributed by atoms with van der Waals surface area (Å²) >= 11 is 0. The SMILES string of the molecule is CCCCCCCCC#CCC(O)C(CCCCC=O)[N+](=O)[O-]. The van der Waals surface area contributed by atoms with Crippen LogP contribution in [-0.4, -0.2) is 28.5 Å². The Balaban J connectivity index is 3.90. The highest BCUT2D eigenvalue weighted by Crippen LogP contribution is 2.12. The zero-order valence-electron chi connectivity index (χ0n) is 14.3. The van der Waals surface area contributed by atoms with Crippen molar-refractivity contribution in [2.24, 2.45) is 0 Å². The highest BCUT2D eigenvalue weighted by Gasteiger charge is 2.28. The molecule has 0 bridgehead atoms. The van der Waals surface area contributed by atoms with Crippen molar-refractivity contribution >= 4 is 6.29 Å². The monoisotopic (exact) mass is 325 g/mol. The number of aldehydes is 1. The molecule has 0 fully saturated rings. The Morgan fingerprint density at radius 1 is 1.09 bits per heavy atom. The summed E-state index contributed by atoms with van der Waals surface area (Å²) in [7, 11) is 0. The van der Waals surface area contributed by atoms with Crippen molar-refractivity contribution < 1.29 is 14.8 Å². The maximum absolute atomic E-state index is 11.0. The van der Waals surface area contributed by atoms with E-state index in [1.807, 2.05) is 0 Å². The average molecular weight is 325 g/mol. The lowest BCUT2D eigenvalue weighted by atomic mass is 10.0. The zero-order valence-corrected chi connectivity index (χ0v) is 14.3. The molecule has 132 valence electrons. The van der Waals surface area contributed by atoms with Crippen molar-refractivity contribution in [1.29, 1.82) is 0 Å². The Morgan fingerprint density at radius 2 is 1.78 bits per heavy atom. The lowest BCUT2D eigenvalue weighted by Crippen LogP contribution is -2.33. The molecular formula is C18H31NO4. The number of aliphatic hydroxyl groups excluding tert-OH is 1. The molecule has 2 atom stereocenters. The molecule has 1 N–H and O–H groups in total. The second kappa shape index (κ2) is 15.5. The Morgan fingerprint density at radius 3 is 2.43 bits per heavy atom. The Hall–Kier alpha value is -1.41. The molecule has 0 aliphatic heterocycles. The van der Waals surface area contributed by atoms with Crippen LogP contribution in [0.3, 0.4) is 0 Å². The van der Waals surface area contributed by atoms with Crippen LogP contribution in [0, 0.1) is 22.0 Å². The number of rotatable bonds is 14. The van der Waals surface area contributed by atoms with E-state index in [2.05, 4.69) is 18.8 Å². The largest absolute Gasteiger partial charge is 0.385 e. The van der Waals surface area contributed by atoms with Crippen molar-refractivity contribution in [3.63, 3.8) is 0 Å². The van der Waals surface area contributed by atoms with E-state index in [1.54, 1.807) is 0 Å². The van der Waals surface area contributed by atoms with Crippen LogP contribution in [0.15, 0.2) is 0 Å². The minimum absolute atomic E-state index is 0.148. The molecule has 5 heteroatoms. The van der Waals surface area contributed by atoms with E-state index in [9.17, 15) is 20.0 Å². The van der Waals surface area contributed by atoms with Gasteiger partial charge in [0.15, 0.2) is 0 Å². The summed E-state index contributed by atoms with van der Waals surface area (Å²) in [5.41, 5.74) is 0. The summed E-state index contributed by atoms with van der Waals surface area (Å²) < 4.78 is 0. The number of carbonyl (C=O) groups is 1. The molecule has 5 nitrogen and oxygen atoms in total. The molecule has 0 heterocycles. The first-order valence-corrected chi connectivity index (χ1v) is 8.84. The van der Waals surface area contributed by atoms with Gasteiger partial charge < -0.3 is 9.90 Å². The highest BCUT2D eigenvalue weighted by atomic mass is 16.6. The number of aliphatic hydroxyl groups is 1. The van der Waals surface area contributed by atoms with E-state index in [4.69, 9.17) is 0 Å². The molecule has 0 aliphatic carbocycles. The van der Waals surface area contributed by atoms with Crippen molar-refractivity contribution in [2.45, 2.75) is 96.1 Å². The summed E-state index contributed by atoms with van der Waals surface area (Å²) in [6.45, 7) is 2.19. The molecular weight excluding hydrogens is 294 g/mol. The summed E-state index contributed by atoms with van der Waals surface area (Å²) in [6.07, 6.45) is 9.90. The molecule has 0 aliphatic rings. The van der Waals surface area contributed by atoms with Crippen LogP contribution in [0.5, 0.6) is 0 Å². The Kier molecular flexibility index (Phi) is 14.5. The third kappa shape index (κ3) is 12.8. The minimum atomic E-state index is -1.03. The van der Waals surface area contributed by atoms with Gasteiger partial charge in [-0.15, -0.1) is 11.8 Å². The maximum Gasteiger partial charge on any atom is 0.239 e. The van der Waals surface area contributed by atoms with E-state index in [-0.39, 0.29) is 6.42 Å². The van der Waals surface area contributed by atoms with E-state index in [0.717, 1.165) is 19.1 Å². The van der Waals surface area contributed by atoms with Crippen LogP contribution in [0.2, 0.25) is 0 Å². The molecule has 2 unspecified atom stereocenters. The van der Waals surface area contributed by atoms with Gasteiger partial charge in [0.25, 0.3) is 0 Å². The van der Waals surface area contributed by atoms with Gasteiger partial charge in [-0.25, -0.2) is 0 Å². The normalized spacial score (nSPS) is 13.0. The van der Waals surface area contributed by atoms with E-state index >= 15 is 0 Å². The summed E-state index contributed by atoms with van der Waals surface area (Å²) in [5.74, 6) is 5.86. The van der Waals surface area contributed by atoms with Crippen molar-refractivity contribution in [2.75, 3.05) is 0 Å². The first-order chi connectivity index (χ1) is 11.1. The third-order valence-electron chi connectivity index (χ3n) is 3.88. The number of nitrogens with zero attached hydrogens (tertiary/aromatic N) is 1. The fourth-order valence-corrected chi connectivity index (χ4v) is 2.41. The lowest BCUT2D eigenvalue weighted by molar-refractivity contribution is -0.535. The fraction of sp³-hybridized carbons (Fsp3) is 0.833. The van der Waals surface area contributed by atoms with Gasteiger partial charge in [0.05, 0.1) is 0 Å². The van der Waals surface area contributed by atoms with Crippen molar-refractivity contribution in [3.05, 3.63) is 10.1 Å². The van der Waals surface area contributed by atoms with Crippen LogP contribution in [0.4, 0.5) is 0 Å². The number of unbranched alkanes of at least 4 members (excludes halogenated alkanes) is 8. The van der Waals surface area contributed by atoms with Crippen LogP contribution in [0.1, 0.15) is 84.0 Å². The summed E-state index contributed by atoms with van der Waals surface area (Å²) in [6, 6.07) is -0.981. The van der Waals surface area contributed by atoms with Crippen LogP contribution >= 0.6 is 0 Å². The second-order valence-electron chi connectivity index (χ2n) is 5.95. The quantitative estimate of drug-likeness (QED) is 0.173. The van der Waals surface area contributed by atoms with E-state index < -0.39 is 17.1 Å². The predicted molar refractivity (Wildman–Crippen MR) is 91.7 cm³/mol. The average Bonchev–Trinajstić information content (AvgIpc) is 2.52. The number of carbonyl (C=O) groups excluding carboxylic acids is 1. The molecule has 0 aromatic rings. The molecule has 0 aromatic carbocycles. The second-order valence-corrected chi connectivity index (χ2v) is 5.95. The van der Waals surface area contributed by atoms with Gasteiger partial charge in [-0.2, -0.15) is 0 Å². The van der Waals surface area contributed by atoms with Gasteiger partial charge in [-0.05, 0) is 19.3 Å². The van der Waals surface area contributed by atoms with E-state index in [1.165, 1.54) is 32.1 Å². The predicted octanol–water partition coefficient (Wildman–Crippen LogP) is 3.90. The lowest BCUT2D eigenvalue weighted by Gasteiger charge is -2.13. The Labute approximate surface area is 140 Å². The first-order valence-electron chi connectivity index (χ1n) is 8.84. The third-order valence-corrected chi connectivity index (χ3v) is 3.88. The first kappa shape index (κ1) is 21.6. The number of nitro groups is 1. The molecule has 0 radical (unpaired) electrons. The molecule has 0 saturated carbocycles. The van der Waals surface area contributed by atoms with Gasteiger partial charge in [-0.3, -0.25) is 10.1 Å². The summed E-state index contributed by atoms with van der Waals surface area (Å²) in [4.78, 5) is 20.8. The minimum Gasteiger partial charge on any atom is -0.385 e. The molecule has 0 aromatic heterocycles. The topological polar surface area (TPSA) is 80.4 Å². The molecule has 0 rings (SSSR count). The van der Waals surface area contributed by atoms with Gasteiger partial charge in [-0.1, -0.05) is 39.0 Å². The van der Waals surface area contributed by atoms with Crippen LogP contribution < -0.4 is 0 Å². The summed E-state index contributed by atoms with van der Waals surface area (Å²) in [5, 5.41) is 20.9. The molecule has 0 spiro atoms. The molecule has 23 heavy (non-hydrogen) atoms. The van der Waals surface area contributed by atoms with Gasteiger partial charge in [0, 0.05) is 30.6 Å². The fourth-order valence-electron chi connectivity index (χ4n) is 2.41. The zero-order chi connectivity index (χ0) is 17.3. The van der Waals surface area contributed by atoms with Crippen molar-refractivity contribution in [1.82, 2.24) is 0 Å². The van der Waals surface area contributed by atoms with Crippen LogP contribution in [-0.2, 0) is 4.79 Å². The number of hydrogen-bond acceptors (Lipinski definition) is 4. The maximum atomic E-state index is 11.0. The Bertz CT molecular complexity index is 373. The van der Waals surface area contributed by atoms with Crippen LogP contribution in [0.25, 0.3) is 0 Å². The standard InChI is InChI=1S/C18H31NO4/c1-2-3-4-5-6-7-8-9-12-15-18(21)17(19(22)23)14-11-10-13-16-20/h16-18,21H,2-8,10-11,13-15H2,1H3. The van der Waals surface area contributed by atoms with Crippen molar-refractivity contribution in [3.8, 4) is 11.8 Å². The van der Waals surface area contributed by atoms with Gasteiger partial charge in [0.1, 0.15) is 12.4 Å². The smallest absolute Gasteiger partial charge is 0.239 e. The number of hydrogen-bond donors (Lipinski definition) is 1. The molecule has 0 amide bonds.